The highest BCUT2D eigenvalue weighted by Crippen LogP contribution is 2.29. The van der Waals surface area contributed by atoms with Gasteiger partial charge < -0.3 is 15.2 Å². The molecule has 0 aliphatic rings. The number of pyridine rings is 1. The number of aromatic carboxylic acids is 1. The maximum atomic E-state index is 13.3. The second-order valence-electron chi connectivity index (χ2n) is 7.65. The lowest BCUT2D eigenvalue weighted by atomic mass is 10.1. The summed E-state index contributed by atoms with van der Waals surface area (Å²) >= 11 is 0. The number of aryl methyl sites for hydroxylation is 2. The van der Waals surface area contributed by atoms with Gasteiger partial charge in [0.1, 0.15) is 17.3 Å². The molecule has 0 aliphatic heterocycles. The van der Waals surface area contributed by atoms with Crippen LogP contribution in [0.4, 0.5) is 23.2 Å². The third kappa shape index (κ3) is 7.20. The van der Waals surface area contributed by atoms with Crippen molar-refractivity contribution in [2.24, 2.45) is 0 Å². The quantitative estimate of drug-likeness (QED) is 0.297. The zero-order valence-corrected chi connectivity index (χ0v) is 18.9. The summed E-state index contributed by atoms with van der Waals surface area (Å²) in [6.07, 6.45) is -1.95. The lowest BCUT2D eigenvalue weighted by Crippen LogP contribution is -2.15. The van der Waals surface area contributed by atoms with Gasteiger partial charge in [0.05, 0.1) is 23.9 Å². The number of carboxylic acids is 1. The normalized spacial score (nSPS) is 11.0. The molecule has 4 aromatic rings. The summed E-state index contributed by atoms with van der Waals surface area (Å²) < 4.78 is 57.7. The van der Waals surface area contributed by atoms with Gasteiger partial charge in [-0.3, -0.25) is 4.40 Å². The Labute approximate surface area is 198 Å². The van der Waals surface area contributed by atoms with Crippen molar-refractivity contribution in [2.75, 3.05) is 11.9 Å². The van der Waals surface area contributed by atoms with Crippen molar-refractivity contribution in [3.63, 3.8) is 0 Å². The van der Waals surface area contributed by atoms with Gasteiger partial charge in [0.15, 0.2) is 5.65 Å². The van der Waals surface area contributed by atoms with Crippen LogP contribution in [0.1, 0.15) is 28.0 Å². The van der Waals surface area contributed by atoms with Crippen LogP contribution in [-0.2, 0) is 0 Å². The van der Waals surface area contributed by atoms with Crippen LogP contribution < -0.4 is 10.1 Å². The molecule has 0 saturated heterocycles. The number of carboxylic acid groups (broad SMARTS) is 1. The summed E-state index contributed by atoms with van der Waals surface area (Å²) in [6.45, 7) is 3.31. The molecule has 184 valence electrons. The van der Waals surface area contributed by atoms with E-state index < -0.39 is 24.4 Å². The standard InChI is InChI=1S/C17H15F4N3O.C8H8O2/c1-11-9-23-16-15(22-6-5-17(19,20)21)8-14(10-24(11)16)25-13-4-2-3-12(18)7-13;1-6-4-2-3-5-7(6)8(9)10/h2-4,7-10,22H,5-6H2,1H3;2-5H,1H3,(H,9,10). The molecule has 0 unspecified atom stereocenters. The maximum absolute atomic E-state index is 13.3. The Morgan fingerprint density at radius 1 is 1.09 bits per heavy atom. The Hall–Kier alpha value is -4.08. The van der Waals surface area contributed by atoms with Crippen LogP contribution >= 0.6 is 0 Å². The molecule has 4 rings (SSSR count). The van der Waals surface area contributed by atoms with E-state index in [1.807, 2.05) is 13.0 Å². The lowest BCUT2D eigenvalue weighted by Gasteiger charge is -2.13. The zero-order valence-electron chi connectivity index (χ0n) is 18.9. The fraction of sp³-hybridized carbons (Fsp3) is 0.200. The van der Waals surface area contributed by atoms with Gasteiger partial charge in [0.2, 0.25) is 0 Å². The van der Waals surface area contributed by atoms with Gasteiger partial charge in [-0.2, -0.15) is 13.2 Å². The van der Waals surface area contributed by atoms with Gasteiger partial charge in [0, 0.05) is 30.6 Å². The van der Waals surface area contributed by atoms with Crippen LogP contribution in [0.5, 0.6) is 11.5 Å². The third-order valence-corrected chi connectivity index (χ3v) is 4.90. The minimum absolute atomic E-state index is 0.283. The van der Waals surface area contributed by atoms with Gasteiger partial charge in [-0.15, -0.1) is 0 Å². The van der Waals surface area contributed by atoms with Crippen LogP contribution in [0, 0.1) is 19.7 Å². The first-order chi connectivity index (χ1) is 16.5. The lowest BCUT2D eigenvalue weighted by molar-refractivity contribution is -0.131. The molecule has 0 spiro atoms. The zero-order chi connectivity index (χ0) is 25.6. The molecule has 10 heteroatoms. The van der Waals surface area contributed by atoms with E-state index in [0.29, 0.717) is 28.4 Å². The number of aromatic nitrogens is 2. The maximum Gasteiger partial charge on any atom is 0.390 e. The number of fused-ring (bicyclic) bond motifs is 1. The van der Waals surface area contributed by atoms with Crippen molar-refractivity contribution in [2.45, 2.75) is 26.4 Å². The van der Waals surface area contributed by atoms with E-state index >= 15 is 0 Å². The van der Waals surface area contributed by atoms with Crippen LogP contribution in [0.25, 0.3) is 5.65 Å². The van der Waals surface area contributed by atoms with Crippen LogP contribution in [0.2, 0.25) is 0 Å². The van der Waals surface area contributed by atoms with Crippen molar-refractivity contribution < 1.29 is 32.2 Å². The number of benzene rings is 2. The minimum Gasteiger partial charge on any atom is -0.478 e. The molecule has 0 aliphatic carbocycles. The molecule has 0 amide bonds. The fourth-order valence-electron chi connectivity index (χ4n) is 3.18. The van der Waals surface area contributed by atoms with E-state index in [-0.39, 0.29) is 6.54 Å². The number of halogens is 4. The molecule has 0 atom stereocenters. The molecule has 2 aromatic heterocycles. The molecule has 0 bridgehead atoms. The number of ether oxygens (including phenoxy) is 1. The number of alkyl halides is 3. The molecular weight excluding hydrogens is 466 g/mol. The highest BCUT2D eigenvalue weighted by atomic mass is 19.4. The predicted molar refractivity (Wildman–Crippen MR) is 124 cm³/mol. The van der Waals surface area contributed by atoms with Gasteiger partial charge in [-0.1, -0.05) is 24.3 Å². The van der Waals surface area contributed by atoms with Crippen molar-refractivity contribution in [1.82, 2.24) is 9.38 Å². The molecule has 2 N–H and O–H groups in total. The van der Waals surface area contributed by atoms with E-state index in [9.17, 15) is 22.4 Å². The molecule has 0 fully saturated rings. The van der Waals surface area contributed by atoms with Gasteiger partial charge in [0.25, 0.3) is 0 Å². The number of nitrogens with zero attached hydrogens (tertiary/aromatic N) is 2. The average molecular weight is 489 g/mol. The first-order valence-corrected chi connectivity index (χ1v) is 10.5. The fourth-order valence-corrected chi connectivity index (χ4v) is 3.18. The Balaban J connectivity index is 0.000000287. The van der Waals surface area contributed by atoms with E-state index in [1.54, 1.807) is 54.0 Å². The van der Waals surface area contributed by atoms with Gasteiger partial charge in [-0.05, 0) is 37.6 Å². The van der Waals surface area contributed by atoms with Crippen molar-refractivity contribution in [1.29, 1.82) is 0 Å². The summed E-state index contributed by atoms with van der Waals surface area (Å²) in [5.41, 5.74) is 2.87. The second-order valence-corrected chi connectivity index (χ2v) is 7.65. The Morgan fingerprint density at radius 2 is 1.83 bits per heavy atom. The first-order valence-electron chi connectivity index (χ1n) is 10.5. The summed E-state index contributed by atoms with van der Waals surface area (Å²) in [4.78, 5) is 14.6. The monoisotopic (exact) mass is 489 g/mol. The number of imidazole rings is 1. The van der Waals surface area contributed by atoms with Gasteiger partial charge in [-0.25, -0.2) is 14.2 Å². The summed E-state index contributed by atoms with van der Waals surface area (Å²) in [5, 5.41) is 11.3. The van der Waals surface area contributed by atoms with E-state index in [1.165, 1.54) is 18.2 Å². The molecule has 6 nitrogen and oxygen atoms in total. The molecule has 2 aromatic carbocycles. The van der Waals surface area contributed by atoms with E-state index in [2.05, 4.69) is 10.3 Å². The summed E-state index contributed by atoms with van der Waals surface area (Å²) in [5.74, 6) is -0.661. The number of rotatable bonds is 6. The number of carbonyl (C=O) groups is 1. The second kappa shape index (κ2) is 10.9. The highest BCUT2D eigenvalue weighted by molar-refractivity contribution is 5.89. The minimum atomic E-state index is -4.25. The Morgan fingerprint density at radius 3 is 2.46 bits per heavy atom. The molecular formula is C25H23F4N3O3. The van der Waals surface area contributed by atoms with E-state index in [4.69, 9.17) is 9.84 Å². The SMILES string of the molecule is Cc1ccccc1C(=O)O.Cc1cnc2c(NCCC(F)(F)F)cc(Oc3cccc(F)c3)cn12. The molecule has 35 heavy (non-hydrogen) atoms. The first kappa shape index (κ1) is 25.5. The number of nitrogens with one attached hydrogen (secondary N) is 1. The Bertz CT molecular complexity index is 1320. The van der Waals surface area contributed by atoms with Gasteiger partial charge >= 0.3 is 12.1 Å². The van der Waals surface area contributed by atoms with Crippen molar-refractivity contribution in [3.8, 4) is 11.5 Å². The van der Waals surface area contributed by atoms with Crippen LogP contribution in [-0.4, -0.2) is 33.2 Å². The largest absolute Gasteiger partial charge is 0.478 e. The average Bonchev–Trinajstić information content (AvgIpc) is 3.14. The Kier molecular flexibility index (Phi) is 7.95. The highest BCUT2D eigenvalue weighted by Gasteiger charge is 2.26. The van der Waals surface area contributed by atoms with Crippen LogP contribution in [0.15, 0.2) is 67.0 Å². The summed E-state index contributed by atoms with van der Waals surface area (Å²) in [6, 6.07) is 14.1. The molecule has 0 radical (unpaired) electrons. The van der Waals surface area contributed by atoms with Crippen molar-refractivity contribution in [3.05, 3.63) is 89.6 Å². The topological polar surface area (TPSA) is 75.9 Å². The van der Waals surface area contributed by atoms with E-state index in [0.717, 1.165) is 11.3 Å². The predicted octanol–water partition coefficient (Wildman–Crippen LogP) is 6.63. The third-order valence-electron chi connectivity index (χ3n) is 4.90. The smallest absolute Gasteiger partial charge is 0.390 e. The number of anilines is 1. The molecule has 2 heterocycles. The number of hydrogen-bond acceptors (Lipinski definition) is 4. The molecule has 0 saturated carbocycles. The van der Waals surface area contributed by atoms with Crippen LogP contribution in [0.3, 0.4) is 0 Å². The summed E-state index contributed by atoms with van der Waals surface area (Å²) in [7, 11) is 0. The number of hydrogen-bond donors (Lipinski definition) is 2. The van der Waals surface area contributed by atoms with Crippen molar-refractivity contribution >= 4 is 17.3 Å².